The predicted molar refractivity (Wildman–Crippen MR) is 150 cm³/mol. The number of rotatable bonds is 10. The SMILES string of the molecule is CN=C(N=C(Nc1cc(C(C)CC(=O)O)ccc1N(CC(C)C)C1CCCCC1)C(C)C)C(C)C. The molecule has 6 nitrogen and oxygen atoms in total. The monoisotopic (exact) mass is 484 g/mol. The first kappa shape index (κ1) is 28.9. The highest BCUT2D eigenvalue weighted by molar-refractivity contribution is 6.06. The maximum absolute atomic E-state index is 11.4. The second kappa shape index (κ2) is 13.6. The summed E-state index contributed by atoms with van der Waals surface area (Å²) in [6.45, 7) is 16.0. The molecule has 1 aromatic carbocycles. The van der Waals surface area contributed by atoms with Crippen LogP contribution in [-0.4, -0.2) is 42.4 Å². The van der Waals surface area contributed by atoms with Gasteiger partial charge in [-0.2, -0.15) is 0 Å². The lowest BCUT2D eigenvalue weighted by molar-refractivity contribution is -0.137. The van der Waals surface area contributed by atoms with E-state index >= 15 is 0 Å². The molecule has 0 saturated heterocycles. The van der Waals surface area contributed by atoms with Crippen LogP contribution in [0.2, 0.25) is 0 Å². The molecule has 0 heterocycles. The number of carboxylic acid groups (broad SMARTS) is 1. The molecule has 1 unspecified atom stereocenters. The third-order valence-corrected chi connectivity index (χ3v) is 6.75. The Labute approximate surface area is 213 Å². The van der Waals surface area contributed by atoms with E-state index < -0.39 is 5.97 Å². The molecule has 0 amide bonds. The van der Waals surface area contributed by atoms with Gasteiger partial charge in [0.25, 0.3) is 0 Å². The highest BCUT2D eigenvalue weighted by atomic mass is 16.4. The summed E-state index contributed by atoms with van der Waals surface area (Å²) in [5.74, 6) is 1.82. The molecule has 1 aliphatic carbocycles. The van der Waals surface area contributed by atoms with Gasteiger partial charge < -0.3 is 15.3 Å². The van der Waals surface area contributed by atoms with Crippen molar-refractivity contribution in [3.05, 3.63) is 23.8 Å². The first-order valence-corrected chi connectivity index (χ1v) is 13.5. The molecule has 1 atom stereocenters. The average molecular weight is 485 g/mol. The molecule has 6 heteroatoms. The molecule has 0 aliphatic heterocycles. The minimum Gasteiger partial charge on any atom is -0.481 e. The molecule has 35 heavy (non-hydrogen) atoms. The van der Waals surface area contributed by atoms with Gasteiger partial charge in [0.15, 0.2) is 0 Å². The van der Waals surface area contributed by atoms with Crippen LogP contribution in [0.1, 0.15) is 98.5 Å². The third kappa shape index (κ3) is 8.66. The molecule has 0 spiro atoms. The third-order valence-electron chi connectivity index (χ3n) is 6.75. The quantitative estimate of drug-likeness (QED) is 0.272. The minimum atomic E-state index is -0.773. The normalized spacial score (nSPS) is 16.8. The first-order chi connectivity index (χ1) is 16.5. The van der Waals surface area contributed by atoms with Crippen molar-refractivity contribution >= 4 is 29.0 Å². The topological polar surface area (TPSA) is 77.3 Å². The highest BCUT2D eigenvalue weighted by Crippen LogP contribution is 2.36. The number of benzene rings is 1. The second-order valence-corrected chi connectivity index (χ2v) is 11.1. The van der Waals surface area contributed by atoms with Crippen LogP contribution in [-0.2, 0) is 4.79 Å². The maximum Gasteiger partial charge on any atom is 0.303 e. The van der Waals surface area contributed by atoms with Crippen molar-refractivity contribution in [3.63, 3.8) is 0 Å². The molecule has 1 saturated carbocycles. The average Bonchev–Trinajstić information content (AvgIpc) is 2.79. The fraction of sp³-hybridized carbons (Fsp3) is 0.690. The van der Waals surface area contributed by atoms with Crippen LogP contribution >= 0.6 is 0 Å². The number of carbonyl (C=O) groups is 1. The standard InChI is InChI=1S/C29H48N4O2/c1-19(2)18-33(24-12-10-9-11-13-24)26-15-14-23(22(7)16-27(34)35)17-25(26)31-29(21(5)6)32-28(30-8)20(3)4/h14-15,17,19-22,24H,9-13,16,18H2,1-8H3,(H,34,35)(H,30,31,32). The van der Waals surface area contributed by atoms with Gasteiger partial charge in [0.2, 0.25) is 0 Å². The fourth-order valence-corrected chi connectivity index (χ4v) is 4.82. The molecule has 2 N–H and O–H groups in total. The maximum atomic E-state index is 11.4. The number of hydrogen-bond acceptors (Lipinski definition) is 3. The molecular weight excluding hydrogens is 436 g/mol. The molecule has 0 aromatic heterocycles. The molecule has 1 fully saturated rings. The van der Waals surface area contributed by atoms with Gasteiger partial charge >= 0.3 is 5.97 Å². The summed E-state index contributed by atoms with van der Waals surface area (Å²) in [5, 5.41) is 13.1. The Balaban J connectivity index is 2.60. The van der Waals surface area contributed by atoms with Crippen LogP contribution in [0.25, 0.3) is 0 Å². The molecule has 1 aromatic rings. The van der Waals surface area contributed by atoms with Gasteiger partial charge in [-0.3, -0.25) is 9.79 Å². The van der Waals surface area contributed by atoms with Gasteiger partial charge in [-0.15, -0.1) is 0 Å². The molecular formula is C29H48N4O2. The number of aliphatic imine (C=N–C) groups is 2. The van der Waals surface area contributed by atoms with E-state index in [4.69, 9.17) is 4.99 Å². The summed E-state index contributed by atoms with van der Waals surface area (Å²) in [4.78, 5) is 23.3. The fourth-order valence-electron chi connectivity index (χ4n) is 4.82. The Hall–Kier alpha value is -2.37. The van der Waals surface area contributed by atoms with E-state index in [0.29, 0.717) is 12.0 Å². The zero-order valence-electron chi connectivity index (χ0n) is 23.3. The highest BCUT2D eigenvalue weighted by Gasteiger charge is 2.25. The van der Waals surface area contributed by atoms with Gasteiger partial charge in [0.05, 0.1) is 17.8 Å². The molecule has 1 aliphatic rings. The number of nitrogens with zero attached hydrogens (tertiary/aromatic N) is 3. The van der Waals surface area contributed by atoms with Crippen molar-refractivity contribution in [2.75, 3.05) is 23.8 Å². The number of amidine groups is 2. The first-order valence-electron chi connectivity index (χ1n) is 13.5. The minimum absolute atomic E-state index is 0.0711. The Bertz CT molecular complexity index is 883. The van der Waals surface area contributed by atoms with E-state index in [1.807, 2.05) is 6.92 Å². The van der Waals surface area contributed by atoms with Gasteiger partial charge in [0.1, 0.15) is 11.7 Å². The summed E-state index contributed by atoms with van der Waals surface area (Å²) in [7, 11) is 1.80. The van der Waals surface area contributed by atoms with Crippen molar-refractivity contribution in [2.24, 2.45) is 27.7 Å². The number of anilines is 2. The Kier molecular flexibility index (Phi) is 11.3. The van der Waals surface area contributed by atoms with Crippen LogP contribution in [0.4, 0.5) is 11.4 Å². The summed E-state index contributed by atoms with van der Waals surface area (Å²) < 4.78 is 0. The van der Waals surface area contributed by atoms with Crippen molar-refractivity contribution in [1.29, 1.82) is 0 Å². The van der Waals surface area contributed by atoms with E-state index in [9.17, 15) is 9.90 Å². The van der Waals surface area contributed by atoms with Crippen LogP contribution in [0.3, 0.4) is 0 Å². The summed E-state index contributed by atoms with van der Waals surface area (Å²) >= 11 is 0. The van der Waals surface area contributed by atoms with Gasteiger partial charge in [0, 0.05) is 31.5 Å². The molecule has 0 bridgehead atoms. The van der Waals surface area contributed by atoms with Crippen molar-refractivity contribution in [3.8, 4) is 0 Å². The van der Waals surface area contributed by atoms with Crippen molar-refractivity contribution in [2.45, 2.75) is 99.0 Å². The molecule has 196 valence electrons. The van der Waals surface area contributed by atoms with E-state index in [1.165, 1.54) is 37.8 Å². The number of hydrogen-bond donors (Lipinski definition) is 2. The van der Waals surface area contributed by atoms with Crippen LogP contribution in [0.15, 0.2) is 28.2 Å². The Morgan fingerprint density at radius 2 is 1.71 bits per heavy atom. The smallest absolute Gasteiger partial charge is 0.303 e. The van der Waals surface area contributed by atoms with Crippen molar-refractivity contribution in [1.82, 2.24) is 0 Å². The number of nitrogens with one attached hydrogen (secondary N) is 1. The Morgan fingerprint density at radius 1 is 1.06 bits per heavy atom. The van der Waals surface area contributed by atoms with Crippen LogP contribution in [0, 0.1) is 17.8 Å². The largest absolute Gasteiger partial charge is 0.481 e. The van der Waals surface area contributed by atoms with Crippen molar-refractivity contribution < 1.29 is 9.90 Å². The lowest BCUT2D eigenvalue weighted by Crippen LogP contribution is -2.40. The zero-order chi connectivity index (χ0) is 26.1. The van der Waals surface area contributed by atoms with E-state index in [0.717, 1.165) is 29.5 Å². The molecule has 2 rings (SSSR count). The number of aliphatic carboxylic acids is 1. The number of carboxylic acids is 1. The van der Waals surface area contributed by atoms with Crippen LogP contribution in [0.5, 0.6) is 0 Å². The second-order valence-electron chi connectivity index (χ2n) is 11.1. The van der Waals surface area contributed by atoms with Gasteiger partial charge in [-0.1, -0.05) is 73.8 Å². The van der Waals surface area contributed by atoms with Gasteiger partial charge in [-0.05, 0) is 42.4 Å². The zero-order valence-corrected chi connectivity index (χ0v) is 23.3. The van der Waals surface area contributed by atoms with E-state index in [2.05, 4.69) is 75.0 Å². The summed E-state index contributed by atoms with van der Waals surface area (Å²) in [6.07, 6.45) is 6.42. The predicted octanol–water partition coefficient (Wildman–Crippen LogP) is 7.21. The van der Waals surface area contributed by atoms with E-state index in [-0.39, 0.29) is 24.2 Å². The molecule has 0 radical (unpaired) electrons. The Morgan fingerprint density at radius 3 is 2.23 bits per heavy atom. The summed E-state index contributed by atoms with van der Waals surface area (Å²) in [5.41, 5.74) is 3.23. The lowest BCUT2D eigenvalue weighted by Gasteiger charge is -2.39. The van der Waals surface area contributed by atoms with Gasteiger partial charge in [-0.25, -0.2) is 4.99 Å². The van der Waals surface area contributed by atoms with Crippen LogP contribution < -0.4 is 10.2 Å². The summed E-state index contributed by atoms with van der Waals surface area (Å²) in [6, 6.07) is 6.98. The lowest BCUT2D eigenvalue weighted by atomic mass is 9.92. The van der Waals surface area contributed by atoms with E-state index in [1.54, 1.807) is 7.05 Å².